The minimum Gasteiger partial charge on any atom is -0.481 e. The summed E-state index contributed by atoms with van der Waals surface area (Å²) >= 11 is 0. The van der Waals surface area contributed by atoms with Crippen molar-refractivity contribution in [3.8, 4) is 5.88 Å². The van der Waals surface area contributed by atoms with E-state index in [1.807, 2.05) is 0 Å². The van der Waals surface area contributed by atoms with Crippen LogP contribution in [0.15, 0.2) is 23.2 Å². The molecular formula is C13H14F3N3O6S. The second-order valence-corrected chi connectivity index (χ2v) is 6.26. The third kappa shape index (κ3) is 5.49. The standard InChI is InChI=1S/C12H13N3O3.CHF3O3S/c1-8-9(3-4-12(14-8)18-2)10-5-6-13-7-11(10)15(16)17;2-1(3,4)8(5,6)7/h3-6,11H,7H2,1-2H3;(H,5,6,7). The number of ether oxygens (including phenoxy) is 1. The van der Waals surface area contributed by atoms with Crippen LogP contribution >= 0.6 is 0 Å². The van der Waals surface area contributed by atoms with Gasteiger partial charge in [0.25, 0.3) is 6.04 Å². The number of pyridine rings is 1. The number of methoxy groups -OCH3 is 1. The zero-order valence-electron chi connectivity index (χ0n) is 13.5. The van der Waals surface area contributed by atoms with E-state index in [-0.39, 0.29) is 11.5 Å². The van der Waals surface area contributed by atoms with Crippen molar-refractivity contribution in [2.45, 2.75) is 18.5 Å². The Morgan fingerprint density at radius 2 is 1.96 bits per heavy atom. The lowest BCUT2D eigenvalue weighted by molar-refractivity contribution is -0.502. The van der Waals surface area contributed by atoms with Crippen LogP contribution in [0.5, 0.6) is 5.88 Å². The Kier molecular flexibility index (Phi) is 6.80. The number of aliphatic imine (C=N–C) groups is 1. The van der Waals surface area contributed by atoms with Crippen LogP contribution in [0.2, 0.25) is 0 Å². The van der Waals surface area contributed by atoms with Crippen molar-refractivity contribution in [3.63, 3.8) is 0 Å². The Morgan fingerprint density at radius 1 is 1.38 bits per heavy atom. The molecule has 1 aromatic rings. The molecule has 0 radical (unpaired) electrons. The van der Waals surface area contributed by atoms with Crippen molar-refractivity contribution in [2.24, 2.45) is 4.99 Å². The van der Waals surface area contributed by atoms with Gasteiger partial charge < -0.3 is 4.74 Å². The van der Waals surface area contributed by atoms with E-state index in [0.717, 1.165) is 5.56 Å². The maximum atomic E-state index is 11.0. The van der Waals surface area contributed by atoms with Gasteiger partial charge in [0.05, 0.1) is 7.11 Å². The number of allylic oxidation sites excluding steroid dienone is 1. The molecule has 1 aliphatic rings. The number of dihydropyridines is 1. The molecule has 2 rings (SSSR count). The fourth-order valence-electron chi connectivity index (χ4n) is 1.91. The summed E-state index contributed by atoms with van der Waals surface area (Å²) in [6.07, 6.45) is 3.27. The van der Waals surface area contributed by atoms with Gasteiger partial charge in [0.1, 0.15) is 6.54 Å². The third-order valence-electron chi connectivity index (χ3n) is 3.12. The molecule has 1 N–H and O–H groups in total. The lowest BCUT2D eigenvalue weighted by Gasteiger charge is -2.16. The Labute approximate surface area is 146 Å². The number of alkyl halides is 3. The zero-order chi connectivity index (χ0) is 20.1. The predicted molar refractivity (Wildman–Crippen MR) is 85.2 cm³/mol. The van der Waals surface area contributed by atoms with Crippen molar-refractivity contribution in [1.29, 1.82) is 0 Å². The number of hydrogen-bond acceptors (Lipinski definition) is 7. The van der Waals surface area contributed by atoms with E-state index in [1.54, 1.807) is 31.3 Å². The van der Waals surface area contributed by atoms with Crippen LogP contribution in [-0.4, -0.2) is 54.3 Å². The largest absolute Gasteiger partial charge is 0.522 e. The first-order valence-corrected chi connectivity index (χ1v) is 8.21. The third-order valence-corrected chi connectivity index (χ3v) is 3.71. The molecule has 13 heteroatoms. The average Bonchev–Trinajstić information content (AvgIpc) is 2.53. The molecule has 1 unspecified atom stereocenters. The predicted octanol–water partition coefficient (Wildman–Crippen LogP) is 1.91. The van der Waals surface area contributed by atoms with Gasteiger partial charge in [-0.25, -0.2) is 4.98 Å². The number of aryl methyl sites for hydroxylation is 1. The Bertz CT molecular complexity index is 836. The molecule has 1 aromatic heterocycles. The fraction of sp³-hybridized carbons (Fsp3) is 0.385. The molecule has 0 saturated heterocycles. The first-order chi connectivity index (χ1) is 11.9. The van der Waals surface area contributed by atoms with Crippen LogP contribution in [0.3, 0.4) is 0 Å². The van der Waals surface area contributed by atoms with E-state index in [4.69, 9.17) is 17.7 Å². The van der Waals surface area contributed by atoms with E-state index < -0.39 is 21.7 Å². The summed E-state index contributed by atoms with van der Waals surface area (Å²) in [5, 5.41) is 11.0. The first kappa shape index (κ1) is 21.5. The van der Waals surface area contributed by atoms with Crippen molar-refractivity contribution in [2.75, 3.05) is 13.7 Å². The Balaban J connectivity index is 0.000000359. The van der Waals surface area contributed by atoms with Gasteiger partial charge in [-0.3, -0.25) is 19.7 Å². The highest BCUT2D eigenvalue weighted by Gasteiger charge is 2.44. The monoisotopic (exact) mass is 397 g/mol. The molecule has 0 aliphatic carbocycles. The van der Waals surface area contributed by atoms with Crippen molar-refractivity contribution >= 4 is 21.9 Å². The molecule has 1 atom stereocenters. The first-order valence-electron chi connectivity index (χ1n) is 6.77. The molecule has 0 spiro atoms. The Hall–Kier alpha value is -2.54. The highest BCUT2D eigenvalue weighted by atomic mass is 32.2. The maximum Gasteiger partial charge on any atom is 0.522 e. The van der Waals surface area contributed by atoms with Crippen LogP contribution in [0.1, 0.15) is 11.3 Å². The summed E-state index contributed by atoms with van der Waals surface area (Å²) in [5.41, 5.74) is -3.42. The van der Waals surface area contributed by atoms with Crippen molar-refractivity contribution in [3.05, 3.63) is 39.6 Å². The average molecular weight is 397 g/mol. The topological polar surface area (TPSA) is 132 Å². The van der Waals surface area contributed by atoms with Gasteiger partial charge in [0.2, 0.25) is 5.88 Å². The quantitative estimate of drug-likeness (QED) is 0.356. The molecule has 1 aliphatic heterocycles. The minimum absolute atomic E-state index is 0.171. The van der Waals surface area contributed by atoms with Crippen LogP contribution < -0.4 is 4.74 Å². The van der Waals surface area contributed by atoms with E-state index in [0.29, 0.717) is 17.1 Å². The summed E-state index contributed by atoms with van der Waals surface area (Å²) in [6.45, 7) is 1.98. The highest BCUT2D eigenvalue weighted by Crippen LogP contribution is 2.26. The summed E-state index contributed by atoms with van der Waals surface area (Å²) in [5.74, 6) is 0.499. The van der Waals surface area contributed by atoms with Crippen LogP contribution in [0, 0.1) is 17.0 Å². The normalized spacial score (nSPS) is 17.0. The number of rotatable bonds is 3. The van der Waals surface area contributed by atoms with Gasteiger partial charge in [-0.2, -0.15) is 21.6 Å². The van der Waals surface area contributed by atoms with Crippen LogP contribution in [-0.2, 0) is 10.1 Å². The van der Waals surface area contributed by atoms with E-state index in [9.17, 15) is 23.3 Å². The molecule has 0 bridgehead atoms. The van der Waals surface area contributed by atoms with Crippen molar-refractivity contribution < 1.29 is 35.8 Å². The fourth-order valence-corrected chi connectivity index (χ4v) is 1.91. The van der Waals surface area contributed by atoms with E-state index in [1.165, 1.54) is 7.11 Å². The molecule has 0 aromatic carbocycles. The Morgan fingerprint density at radius 3 is 2.38 bits per heavy atom. The molecule has 144 valence electrons. The van der Waals surface area contributed by atoms with Gasteiger partial charge in [0, 0.05) is 34.0 Å². The smallest absolute Gasteiger partial charge is 0.481 e. The number of nitro groups is 1. The molecule has 26 heavy (non-hydrogen) atoms. The van der Waals surface area contributed by atoms with Gasteiger partial charge in [-0.1, -0.05) is 0 Å². The second kappa shape index (κ2) is 8.23. The zero-order valence-corrected chi connectivity index (χ0v) is 14.3. The molecular weight excluding hydrogens is 383 g/mol. The van der Waals surface area contributed by atoms with Gasteiger partial charge in [-0.05, 0) is 19.1 Å². The molecule has 2 heterocycles. The number of hydrogen-bond donors (Lipinski definition) is 1. The summed E-state index contributed by atoms with van der Waals surface area (Å²) < 4.78 is 62.6. The molecule has 0 amide bonds. The summed E-state index contributed by atoms with van der Waals surface area (Å²) in [7, 11) is -4.30. The van der Waals surface area contributed by atoms with Gasteiger partial charge in [-0.15, -0.1) is 0 Å². The van der Waals surface area contributed by atoms with E-state index in [2.05, 4.69) is 9.98 Å². The number of halogens is 3. The SMILES string of the molecule is COc1ccc(C2=CC=NCC2[N+](=O)[O-])c(C)n1.O=S(=O)(O)C(F)(F)F. The maximum absolute atomic E-state index is 11.0. The van der Waals surface area contributed by atoms with Crippen LogP contribution in [0.25, 0.3) is 5.57 Å². The van der Waals surface area contributed by atoms with E-state index >= 15 is 0 Å². The summed E-state index contributed by atoms with van der Waals surface area (Å²) in [4.78, 5) is 18.9. The second-order valence-electron chi connectivity index (χ2n) is 4.84. The number of nitrogens with zero attached hydrogens (tertiary/aromatic N) is 3. The summed E-state index contributed by atoms with van der Waals surface area (Å²) in [6, 6.07) is 2.69. The minimum atomic E-state index is -5.84. The molecule has 9 nitrogen and oxygen atoms in total. The number of aromatic nitrogens is 1. The van der Waals surface area contributed by atoms with Crippen LogP contribution in [0.4, 0.5) is 13.2 Å². The lowest BCUT2D eigenvalue weighted by Crippen LogP contribution is -2.27. The lowest BCUT2D eigenvalue weighted by atomic mass is 9.96. The van der Waals surface area contributed by atoms with Gasteiger partial charge >= 0.3 is 15.6 Å². The van der Waals surface area contributed by atoms with Gasteiger partial charge in [0.15, 0.2) is 0 Å². The van der Waals surface area contributed by atoms with Crippen molar-refractivity contribution in [1.82, 2.24) is 4.98 Å². The highest BCUT2D eigenvalue weighted by molar-refractivity contribution is 7.86. The molecule has 0 fully saturated rings. The molecule has 0 saturated carbocycles.